The van der Waals surface area contributed by atoms with E-state index in [-0.39, 0.29) is 11.1 Å². The van der Waals surface area contributed by atoms with Crippen molar-refractivity contribution in [2.24, 2.45) is 5.84 Å². The maximum absolute atomic E-state index is 13.4. The van der Waals surface area contributed by atoms with Crippen molar-refractivity contribution in [2.75, 3.05) is 0 Å². The standard InChI is InChI=1S/C13H15ClFN3S/c1-8-7-19-12(17-8)6-10(18-16)5-9-3-2-4-11(15)13(9)14/h2-4,7,10,18H,5-6,16H2,1H3. The lowest BCUT2D eigenvalue weighted by Gasteiger charge is -2.15. The van der Waals surface area contributed by atoms with Crippen molar-refractivity contribution in [3.63, 3.8) is 0 Å². The third-order valence-corrected chi connectivity index (χ3v) is 4.23. The monoisotopic (exact) mass is 299 g/mol. The van der Waals surface area contributed by atoms with Crippen molar-refractivity contribution in [3.05, 3.63) is 50.7 Å². The third-order valence-electron chi connectivity index (χ3n) is 2.82. The zero-order valence-electron chi connectivity index (χ0n) is 10.5. The first-order valence-electron chi connectivity index (χ1n) is 5.90. The first kappa shape index (κ1) is 14.4. The second-order valence-electron chi connectivity index (χ2n) is 4.37. The van der Waals surface area contributed by atoms with Crippen LogP contribution in [-0.4, -0.2) is 11.0 Å². The summed E-state index contributed by atoms with van der Waals surface area (Å²) in [6.07, 6.45) is 1.26. The summed E-state index contributed by atoms with van der Waals surface area (Å²) < 4.78 is 13.4. The average Bonchev–Trinajstić information content (AvgIpc) is 2.79. The minimum Gasteiger partial charge on any atom is -0.271 e. The number of rotatable bonds is 5. The Labute approximate surface area is 120 Å². The lowest BCUT2D eigenvalue weighted by atomic mass is 10.0. The predicted octanol–water partition coefficient (Wildman–Crippen LogP) is 2.86. The third kappa shape index (κ3) is 3.73. The first-order valence-corrected chi connectivity index (χ1v) is 7.16. The summed E-state index contributed by atoms with van der Waals surface area (Å²) in [5, 5.41) is 3.17. The van der Waals surface area contributed by atoms with Crippen LogP contribution in [0, 0.1) is 12.7 Å². The molecule has 2 aromatic rings. The summed E-state index contributed by atoms with van der Waals surface area (Å²) in [7, 11) is 0. The molecule has 1 unspecified atom stereocenters. The molecule has 1 aromatic heterocycles. The minimum absolute atomic E-state index is 0.0233. The first-order chi connectivity index (χ1) is 9.10. The van der Waals surface area contributed by atoms with Crippen molar-refractivity contribution < 1.29 is 4.39 Å². The maximum Gasteiger partial charge on any atom is 0.142 e. The number of nitrogens with zero attached hydrogens (tertiary/aromatic N) is 1. The van der Waals surface area contributed by atoms with Crippen LogP contribution in [0.25, 0.3) is 0 Å². The lowest BCUT2D eigenvalue weighted by Crippen LogP contribution is -2.38. The van der Waals surface area contributed by atoms with Crippen LogP contribution in [0.15, 0.2) is 23.6 Å². The van der Waals surface area contributed by atoms with E-state index >= 15 is 0 Å². The molecule has 0 radical (unpaired) electrons. The van der Waals surface area contributed by atoms with E-state index in [1.165, 1.54) is 6.07 Å². The highest BCUT2D eigenvalue weighted by atomic mass is 35.5. The number of benzene rings is 1. The van der Waals surface area contributed by atoms with Gasteiger partial charge in [0.05, 0.1) is 10.0 Å². The van der Waals surface area contributed by atoms with E-state index in [0.717, 1.165) is 16.3 Å². The van der Waals surface area contributed by atoms with Crippen LogP contribution in [0.2, 0.25) is 5.02 Å². The van der Waals surface area contributed by atoms with Crippen LogP contribution in [0.5, 0.6) is 0 Å². The topological polar surface area (TPSA) is 50.9 Å². The molecule has 0 saturated carbocycles. The van der Waals surface area contributed by atoms with Gasteiger partial charge >= 0.3 is 0 Å². The fourth-order valence-corrected chi connectivity index (χ4v) is 2.93. The van der Waals surface area contributed by atoms with E-state index in [1.807, 2.05) is 18.4 Å². The van der Waals surface area contributed by atoms with Crippen molar-refractivity contribution in [2.45, 2.75) is 25.8 Å². The maximum atomic E-state index is 13.4. The van der Waals surface area contributed by atoms with Gasteiger partial charge in [-0.15, -0.1) is 11.3 Å². The summed E-state index contributed by atoms with van der Waals surface area (Å²) >= 11 is 7.54. The second-order valence-corrected chi connectivity index (χ2v) is 5.69. The van der Waals surface area contributed by atoms with Gasteiger partial charge < -0.3 is 0 Å². The van der Waals surface area contributed by atoms with Gasteiger partial charge in [-0.25, -0.2) is 9.37 Å². The summed E-state index contributed by atoms with van der Waals surface area (Å²) in [6, 6.07) is 4.78. The molecule has 0 amide bonds. The minimum atomic E-state index is -0.403. The van der Waals surface area contributed by atoms with Gasteiger partial charge in [-0.05, 0) is 25.0 Å². The van der Waals surface area contributed by atoms with E-state index in [0.29, 0.717) is 12.8 Å². The smallest absolute Gasteiger partial charge is 0.142 e. The Hall–Kier alpha value is -1.01. The van der Waals surface area contributed by atoms with E-state index in [4.69, 9.17) is 17.4 Å². The van der Waals surface area contributed by atoms with Crippen molar-refractivity contribution in [1.29, 1.82) is 0 Å². The average molecular weight is 300 g/mol. The fraction of sp³-hybridized carbons (Fsp3) is 0.308. The molecule has 3 nitrogen and oxygen atoms in total. The molecule has 1 aromatic carbocycles. The van der Waals surface area contributed by atoms with Crippen molar-refractivity contribution in [3.8, 4) is 0 Å². The number of nitrogens with two attached hydrogens (primary N) is 1. The molecule has 3 N–H and O–H groups in total. The van der Waals surface area contributed by atoms with Gasteiger partial charge in [-0.3, -0.25) is 11.3 Å². The van der Waals surface area contributed by atoms with Gasteiger partial charge in [0.25, 0.3) is 0 Å². The highest BCUT2D eigenvalue weighted by Gasteiger charge is 2.14. The molecule has 0 aliphatic rings. The van der Waals surface area contributed by atoms with Crippen LogP contribution in [0.1, 0.15) is 16.3 Å². The molecule has 0 bridgehead atoms. The number of thiazole rings is 1. The van der Waals surface area contributed by atoms with E-state index < -0.39 is 5.82 Å². The molecule has 19 heavy (non-hydrogen) atoms. The molecule has 102 valence electrons. The Morgan fingerprint density at radius 1 is 1.47 bits per heavy atom. The van der Waals surface area contributed by atoms with Gasteiger partial charge in [0.1, 0.15) is 5.82 Å². The molecule has 6 heteroatoms. The van der Waals surface area contributed by atoms with Gasteiger partial charge in [0.15, 0.2) is 0 Å². The second kappa shape index (κ2) is 6.43. The molecule has 0 aliphatic carbocycles. The Kier molecular flexibility index (Phi) is 4.87. The van der Waals surface area contributed by atoms with Crippen LogP contribution < -0.4 is 11.3 Å². The van der Waals surface area contributed by atoms with E-state index in [1.54, 1.807) is 17.4 Å². The van der Waals surface area contributed by atoms with Gasteiger partial charge in [-0.2, -0.15) is 0 Å². The zero-order valence-corrected chi connectivity index (χ0v) is 12.1. The number of aromatic nitrogens is 1. The molecule has 0 spiro atoms. The fourth-order valence-electron chi connectivity index (χ4n) is 1.87. The van der Waals surface area contributed by atoms with Crippen LogP contribution in [0.3, 0.4) is 0 Å². The summed E-state index contributed by atoms with van der Waals surface area (Å²) in [6.45, 7) is 1.95. The van der Waals surface area contributed by atoms with Crippen molar-refractivity contribution in [1.82, 2.24) is 10.4 Å². The van der Waals surface area contributed by atoms with Gasteiger partial charge in [0, 0.05) is 23.5 Å². The van der Waals surface area contributed by atoms with Gasteiger partial charge in [0.2, 0.25) is 0 Å². The highest BCUT2D eigenvalue weighted by molar-refractivity contribution is 7.09. The molecule has 0 aliphatic heterocycles. The van der Waals surface area contributed by atoms with E-state index in [2.05, 4.69) is 10.4 Å². The summed E-state index contributed by atoms with van der Waals surface area (Å²) in [4.78, 5) is 4.40. The number of hydrogen-bond donors (Lipinski definition) is 2. The van der Waals surface area contributed by atoms with Crippen LogP contribution in [-0.2, 0) is 12.8 Å². The van der Waals surface area contributed by atoms with Crippen molar-refractivity contribution >= 4 is 22.9 Å². The van der Waals surface area contributed by atoms with E-state index in [9.17, 15) is 4.39 Å². The lowest BCUT2D eigenvalue weighted by molar-refractivity contribution is 0.519. The largest absolute Gasteiger partial charge is 0.271 e. The number of aryl methyl sites for hydroxylation is 1. The number of hydrogen-bond acceptors (Lipinski definition) is 4. The Morgan fingerprint density at radius 2 is 2.26 bits per heavy atom. The Balaban J connectivity index is 2.08. The molecular weight excluding hydrogens is 285 g/mol. The molecule has 2 rings (SSSR count). The quantitative estimate of drug-likeness (QED) is 0.659. The number of nitrogens with one attached hydrogen (secondary N) is 1. The Bertz CT molecular complexity index is 559. The molecular formula is C13H15ClFN3S. The summed E-state index contributed by atoms with van der Waals surface area (Å²) in [5.74, 6) is 5.15. The van der Waals surface area contributed by atoms with Gasteiger partial charge in [-0.1, -0.05) is 23.7 Å². The molecule has 0 fully saturated rings. The zero-order chi connectivity index (χ0) is 13.8. The van der Waals surface area contributed by atoms with Crippen LogP contribution >= 0.6 is 22.9 Å². The number of hydrazine groups is 1. The number of halogens is 2. The molecule has 1 atom stereocenters. The molecule has 0 saturated heterocycles. The molecule has 1 heterocycles. The predicted molar refractivity (Wildman–Crippen MR) is 76.8 cm³/mol. The Morgan fingerprint density at radius 3 is 2.89 bits per heavy atom. The SMILES string of the molecule is Cc1csc(CC(Cc2cccc(F)c2Cl)NN)n1. The highest BCUT2D eigenvalue weighted by Crippen LogP contribution is 2.22. The van der Waals surface area contributed by atoms with Crippen LogP contribution in [0.4, 0.5) is 4.39 Å². The summed E-state index contributed by atoms with van der Waals surface area (Å²) in [5.41, 5.74) is 4.49. The normalized spacial score (nSPS) is 12.6.